The number of aryl methyl sites for hydroxylation is 2. The van der Waals surface area contributed by atoms with Gasteiger partial charge in [0.15, 0.2) is 0 Å². The van der Waals surface area contributed by atoms with Crippen LogP contribution in [-0.2, 0) is 14.3 Å². The molecule has 1 amide bonds. The van der Waals surface area contributed by atoms with Crippen molar-refractivity contribution in [1.29, 1.82) is 0 Å². The second-order valence-corrected chi connectivity index (χ2v) is 4.90. The first-order valence-electron chi connectivity index (χ1n) is 7.03. The van der Waals surface area contributed by atoms with E-state index in [9.17, 15) is 9.59 Å². The molecule has 0 aliphatic carbocycles. The summed E-state index contributed by atoms with van der Waals surface area (Å²) in [7, 11) is 1.58. The molecule has 21 heavy (non-hydrogen) atoms. The highest BCUT2D eigenvalue weighted by atomic mass is 16.5. The van der Waals surface area contributed by atoms with Crippen molar-refractivity contribution in [2.24, 2.45) is 0 Å². The standard InChI is InChI=1S/C16H23NO4/c1-5-20-16(19)11-17(4)15(18)8-9-21-14-7-6-12(2)13(3)10-14/h6-7,10H,5,8-9,11H2,1-4H3. The van der Waals surface area contributed by atoms with Crippen LogP contribution in [0.4, 0.5) is 0 Å². The molecular weight excluding hydrogens is 270 g/mol. The minimum absolute atomic E-state index is 0.0314. The van der Waals surface area contributed by atoms with E-state index in [-0.39, 0.29) is 25.5 Å². The molecule has 0 radical (unpaired) electrons. The lowest BCUT2D eigenvalue weighted by Gasteiger charge is -2.16. The first-order valence-corrected chi connectivity index (χ1v) is 7.03. The van der Waals surface area contributed by atoms with E-state index in [1.165, 1.54) is 10.5 Å². The molecule has 0 spiro atoms. The van der Waals surface area contributed by atoms with Crippen LogP contribution in [0.5, 0.6) is 5.75 Å². The van der Waals surface area contributed by atoms with Crippen molar-refractivity contribution in [2.75, 3.05) is 26.8 Å². The van der Waals surface area contributed by atoms with Gasteiger partial charge < -0.3 is 14.4 Å². The number of ether oxygens (including phenoxy) is 2. The average molecular weight is 293 g/mol. The van der Waals surface area contributed by atoms with Gasteiger partial charge in [0, 0.05) is 7.05 Å². The summed E-state index contributed by atoms with van der Waals surface area (Å²) >= 11 is 0. The lowest BCUT2D eigenvalue weighted by molar-refractivity contribution is -0.148. The number of hydrogen-bond acceptors (Lipinski definition) is 4. The molecule has 0 saturated carbocycles. The monoisotopic (exact) mass is 293 g/mol. The SMILES string of the molecule is CCOC(=O)CN(C)C(=O)CCOc1ccc(C)c(C)c1. The minimum atomic E-state index is -0.400. The van der Waals surface area contributed by atoms with Crippen molar-refractivity contribution in [2.45, 2.75) is 27.2 Å². The van der Waals surface area contributed by atoms with Crippen LogP contribution in [0.1, 0.15) is 24.5 Å². The summed E-state index contributed by atoms with van der Waals surface area (Å²) in [5, 5.41) is 0. The highest BCUT2D eigenvalue weighted by molar-refractivity contribution is 5.81. The zero-order chi connectivity index (χ0) is 15.8. The second kappa shape index (κ2) is 8.29. The van der Waals surface area contributed by atoms with Crippen LogP contribution in [0.3, 0.4) is 0 Å². The molecule has 5 heteroatoms. The van der Waals surface area contributed by atoms with Gasteiger partial charge in [-0.2, -0.15) is 0 Å². The van der Waals surface area contributed by atoms with E-state index in [0.717, 1.165) is 11.3 Å². The number of rotatable bonds is 7. The van der Waals surface area contributed by atoms with Gasteiger partial charge in [-0.25, -0.2) is 0 Å². The van der Waals surface area contributed by atoms with Gasteiger partial charge >= 0.3 is 5.97 Å². The van der Waals surface area contributed by atoms with Crippen LogP contribution in [0.2, 0.25) is 0 Å². The summed E-state index contributed by atoms with van der Waals surface area (Å²) in [5.74, 6) is 0.203. The van der Waals surface area contributed by atoms with Gasteiger partial charge in [-0.05, 0) is 44.0 Å². The predicted molar refractivity (Wildman–Crippen MR) is 80.3 cm³/mol. The Hall–Kier alpha value is -2.04. The molecule has 0 aliphatic rings. The molecule has 0 N–H and O–H groups in total. The van der Waals surface area contributed by atoms with Gasteiger partial charge in [0.1, 0.15) is 12.3 Å². The number of carbonyl (C=O) groups excluding carboxylic acids is 2. The Morgan fingerprint density at radius 1 is 1.19 bits per heavy atom. The number of benzene rings is 1. The van der Waals surface area contributed by atoms with Crippen LogP contribution in [0, 0.1) is 13.8 Å². The van der Waals surface area contributed by atoms with Crippen LogP contribution < -0.4 is 4.74 Å². The molecule has 5 nitrogen and oxygen atoms in total. The van der Waals surface area contributed by atoms with Crippen molar-refractivity contribution in [1.82, 2.24) is 4.90 Å². The molecule has 1 rings (SSSR count). The van der Waals surface area contributed by atoms with Crippen molar-refractivity contribution >= 4 is 11.9 Å². The summed E-state index contributed by atoms with van der Waals surface area (Å²) < 4.78 is 10.3. The van der Waals surface area contributed by atoms with E-state index < -0.39 is 5.97 Å². The molecule has 1 aromatic carbocycles. The number of amides is 1. The Morgan fingerprint density at radius 3 is 2.52 bits per heavy atom. The number of hydrogen-bond donors (Lipinski definition) is 0. The third-order valence-corrected chi connectivity index (χ3v) is 3.16. The molecule has 0 saturated heterocycles. The summed E-state index contributed by atoms with van der Waals surface area (Å²) in [6.45, 7) is 6.35. The third-order valence-electron chi connectivity index (χ3n) is 3.16. The van der Waals surface area contributed by atoms with E-state index in [0.29, 0.717) is 6.61 Å². The van der Waals surface area contributed by atoms with Crippen molar-refractivity contribution in [3.05, 3.63) is 29.3 Å². The van der Waals surface area contributed by atoms with Crippen LogP contribution in [-0.4, -0.2) is 43.6 Å². The Balaban J connectivity index is 2.35. The van der Waals surface area contributed by atoms with E-state index in [1.54, 1.807) is 14.0 Å². The van der Waals surface area contributed by atoms with E-state index in [1.807, 2.05) is 32.0 Å². The Morgan fingerprint density at radius 2 is 1.90 bits per heavy atom. The molecule has 0 aromatic heterocycles. The quantitative estimate of drug-likeness (QED) is 0.722. The Labute approximate surface area is 125 Å². The highest BCUT2D eigenvalue weighted by Gasteiger charge is 2.13. The number of esters is 1. The van der Waals surface area contributed by atoms with Gasteiger partial charge in [0.2, 0.25) is 5.91 Å². The second-order valence-electron chi connectivity index (χ2n) is 4.90. The van der Waals surface area contributed by atoms with E-state index >= 15 is 0 Å². The van der Waals surface area contributed by atoms with Crippen molar-refractivity contribution < 1.29 is 19.1 Å². The van der Waals surface area contributed by atoms with E-state index in [2.05, 4.69) is 0 Å². The molecule has 0 bridgehead atoms. The van der Waals surface area contributed by atoms with Gasteiger partial charge in [0.05, 0.1) is 19.6 Å². The lowest BCUT2D eigenvalue weighted by Crippen LogP contribution is -2.33. The Kier molecular flexibility index (Phi) is 6.72. The molecule has 1 aromatic rings. The number of carbonyl (C=O) groups is 2. The molecule has 0 aliphatic heterocycles. The summed E-state index contributed by atoms with van der Waals surface area (Å²) in [6.07, 6.45) is 0.225. The molecule has 0 fully saturated rings. The largest absolute Gasteiger partial charge is 0.493 e. The number of nitrogens with zero attached hydrogens (tertiary/aromatic N) is 1. The average Bonchev–Trinajstić information content (AvgIpc) is 2.42. The van der Waals surface area contributed by atoms with Crippen LogP contribution in [0.25, 0.3) is 0 Å². The lowest BCUT2D eigenvalue weighted by atomic mass is 10.1. The first kappa shape index (κ1) is 17.0. The maximum Gasteiger partial charge on any atom is 0.325 e. The zero-order valence-corrected chi connectivity index (χ0v) is 13.1. The fourth-order valence-corrected chi connectivity index (χ4v) is 1.74. The van der Waals surface area contributed by atoms with Crippen LogP contribution >= 0.6 is 0 Å². The van der Waals surface area contributed by atoms with Gasteiger partial charge in [0.25, 0.3) is 0 Å². The molecule has 0 atom stereocenters. The van der Waals surface area contributed by atoms with E-state index in [4.69, 9.17) is 9.47 Å². The Bertz CT molecular complexity index is 499. The summed E-state index contributed by atoms with van der Waals surface area (Å²) in [5.41, 5.74) is 2.35. The fourth-order valence-electron chi connectivity index (χ4n) is 1.74. The minimum Gasteiger partial charge on any atom is -0.493 e. The third kappa shape index (κ3) is 5.85. The fraction of sp³-hybridized carbons (Fsp3) is 0.500. The normalized spacial score (nSPS) is 10.1. The number of likely N-dealkylation sites (N-methyl/N-ethyl adjacent to an activating group) is 1. The molecule has 116 valence electrons. The zero-order valence-electron chi connectivity index (χ0n) is 13.1. The maximum atomic E-state index is 11.8. The van der Waals surface area contributed by atoms with Crippen LogP contribution in [0.15, 0.2) is 18.2 Å². The van der Waals surface area contributed by atoms with Crippen molar-refractivity contribution in [3.8, 4) is 5.75 Å². The van der Waals surface area contributed by atoms with Gasteiger partial charge in [-0.15, -0.1) is 0 Å². The first-order chi connectivity index (χ1) is 9.93. The topological polar surface area (TPSA) is 55.8 Å². The van der Waals surface area contributed by atoms with Gasteiger partial charge in [-0.3, -0.25) is 9.59 Å². The summed E-state index contributed by atoms with van der Waals surface area (Å²) in [6, 6.07) is 5.82. The van der Waals surface area contributed by atoms with Crippen molar-refractivity contribution in [3.63, 3.8) is 0 Å². The van der Waals surface area contributed by atoms with Gasteiger partial charge in [-0.1, -0.05) is 6.07 Å². The molecule has 0 unspecified atom stereocenters. The predicted octanol–water partition coefficient (Wildman–Crippen LogP) is 2.09. The molecule has 0 heterocycles. The highest BCUT2D eigenvalue weighted by Crippen LogP contribution is 2.16. The smallest absolute Gasteiger partial charge is 0.325 e. The molecular formula is C16H23NO4. The summed E-state index contributed by atoms with van der Waals surface area (Å²) in [4.78, 5) is 24.5. The maximum absolute atomic E-state index is 11.8.